The van der Waals surface area contributed by atoms with E-state index >= 15 is 0 Å². The molecule has 1 fully saturated rings. The third-order valence-corrected chi connectivity index (χ3v) is 2.19. The molecule has 1 aliphatic heterocycles. The highest BCUT2D eigenvalue weighted by Gasteiger charge is 2.18. The van der Waals surface area contributed by atoms with Crippen LogP contribution in [-0.2, 0) is 0 Å². The summed E-state index contributed by atoms with van der Waals surface area (Å²) >= 11 is 0. The number of nitrogens with zero attached hydrogens (tertiary/aromatic N) is 3. The average molecular weight is 229 g/mol. The maximum Gasteiger partial charge on any atom is 0.274 e. The molecule has 1 saturated heterocycles. The molecule has 1 aromatic rings. The Balaban J connectivity index is 0.00000112. The molecule has 15 heavy (non-hydrogen) atoms. The SMILES string of the molecule is Cl.O=C(c1cnccn1)N1CCNCC1. The molecule has 0 aromatic carbocycles. The van der Waals surface area contributed by atoms with Crippen LogP contribution in [0.2, 0.25) is 0 Å². The van der Waals surface area contributed by atoms with E-state index in [9.17, 15) is 4.79 Å². The Kier molecular flexibility index (Phi) is 4.45. The van der Waals surface area contributed by atoms with E-state index in [1.54, 1.807) is 11.1 Å². The number of hydrogen-bond donors (Lipinski definition) is 1. The van der Waals surface area contributed by atoms with Crippen molar-refractivity contribution in [3.8, 4) is 0 Å². The molecule has 1 aromatic heterocycles. The van der Waals surface area contributed by atoms with Crippen LogP contribution in [0.1, 0.15) is 10.5 Å². The largest absolute Gasteiger partial charge is 0.335 e. The van der Waals surface area contributed by atoms with Gasteiger partial charge in [-0.1, -0.05) is 0 Å². The van der Waals surface area contributed by atoms with Crippen molar-refractivity contribution in [3.63, 3.8) is 0 Å². The van der Waals surface area contributed by atoms with E-state index in [1.165, 1.54) is 12.4 Å². The maximum atomic E-state index is 11.8. The molecule has 0 saturated carbocycles. The number of rotatable bonds is 1. The number of piperazine rings is 1. The minimum absolute atomic E-state index is 0. The van der Waals surface area contributed by atoms with E-state index in [0.29, 0.717) is 5.69 Å². The molecular formula is C9H13ClN4O. The fraction of sp³-hybridized carbons (Fsp3) is 0.444. The van der Waals surface area contributed by atoms with Crippen molar-refractivity contribution in [3.05, 3.63) is 24.3 Å². The Morgan fingerprint density at radius 3 is 2.67 bits per heavy atom. The second kappa shape index (κ2) is 5.63. The molecule has 1 aliphatic rings. The molecule has 0 bridgehead atoms. The molecule has 1 amide bonds. The van der Waals surface area contributed by atoms with Gasteiger partial charge in [-0.15, -0.1) is 12.4 Å². The summed E-state index contributed by atoms with van der Waals surface area (Å²) in [5.41, 5.74) is 0.425. The minimum atomic E-state index is -0.0281. The van der Waals surface area contributed by atoms with E-state index in [2.05, 4.69) is 15.3 Å². The van der Waals surface area contributed by atoms with Crippen LogP contribution in [0.5, 0.6) is 0 Å². The van der Waals surface area contributed by atoms with Gasteiger partial charge in [-0.2, -0.15) is 0 Å². The summed E-state index contributed by atoms with van der Waals surface area (Å²) in [6, 6.07) is 0. The quantitative estimate of drug-likeness (QED) is 0.732. The van der Waals surface area contributed by atoms with Gasteiger partial charge in [0.2, 0.25) is 0 Å². The van der Waals surface area contributed by atoms with Crippen molar-refractivity contribution in [2.24, 2.45) is 0 Å². The zero-order chi connectivity index (χ0) is 9.80. The Morgan fingerprint density at radius 2 is 2.07 bits per heavy atom. The van der Waals surface area contributed by atoms with Gasteiger partial charge in [-0.05, 0) is 0 Å². The second-order valence-corrected chi connectivity index (χ2v) is 3.13. The molecule has 2 rings (SSSR count). The molecule has 2 heterocycles. The van der Waals surface area contributed by atoms with Crippen LogP contribution in [0.4, 0.5) is 0 Å². The zero-order valence-corrected chi connectivity index (χ0v) is 9.04. The van der Waals surface area contributed by atoms with Crippen LogP contribution >= 0.6 is 12.4 Å². The van der Waals surface area contributed by atoms with Crippen LogP contribution in [0, 0.1) is 0 Å². The molecule has 6 heteroatoms. The number of hydrogen-bond acceptors (Lipinski definition) is 4. The molecule has 0 aliphatic carbocycles. The lowest BCUT2D eigenvalue weighted by atomic mass is 10.3. The van der Waals surface area contributed by atoms with E-state index in [1.807, 2.05) is 0 Å². The Labute approximate surface area is 94.3 Å². The summed E-state index contributed by atoms with van der Waals surface area (Å²) in [6.07, 6.45) is 4.61. The summed E-state index contributed by atoms with van der Waals surface area (Å²) in [5.74, 6) is -0.0281. The lowest BCUT2D eigenvalue weighted by Crippen LogP contribution is -2.46. The highest BCUT2D eigenvalue weighted by Crippen LogP contribution is 2.00. The molecule has 5 nitrogen and oxygen atoms in total. The van der Waals surface area contributed by atoms with Crippen LogP contribution in [0.3, 0.4) is 0 Å². The predicted octanol–water partition coefficient (Wildman–Crippen LogP) is -0.0562. The minimum Gasteiger partial charge on any atom is -0.335 e. The van der Waals surface area contributed by atoms with Gasteiger partial charge >= 0.3 is 0 Å². The van der Waals surface area contributed by atoms with Gasteiger partial charge in [0.15, 0.2) is 0 Å². The highest BCUT2D eigenvalue weighted by molar-refractivity contribution is 5.92. The van der Waals surface area contributed by atoms with Gasteiger partial charge in [0.1, 0.15) is 5.69 Å². The van der Waals surface area contributed by atoms with Crippen molar-refractivity contribution in [2.75, 3.05) is 26.2 Å². The van der Waals surface area contributed by atoms with Gasteiger partial charge in [0.25, 0.3) is 5.91 Å². The van der Waals surface area contributed by atoms with E-state index in [0.717, 1.165) is 26.2 Å². The van der Waals surface area contributed by atoms with Crippen molar-refractivity contribution in [1.82, 2.24) is 20.2 Å². The van der Waals surface area contributed by atoms with Crippen molar-refractivity contribution < 1.29 is 4.79 Å². The number of carbonyl (C=O) groups is 1. The molecule has 0 atom stereocenters. The average Bonchev–Trinajstić information content (AvgIpc) is 2.30. The maximum absolute atomic E-state index is 11.8. The summed E-state index contributed by atoms with van der Waals surface area (Å²) in [4.78, 5) is 21.4. The van der Waals surface area contributed by atoms with Gasteiger partial charge in [-0.3, -0.25) is 9.78 Å². The van der Waals surface area contributed by atoms with Crippen LogP contribution in [-0.4, -0.2) is 47.0 Å². The Morgan fingerprint density at radius 1 is 1.33 bits per heavy atom. The molecule has 82 valence electrons. The normalized spacial score (nSPS) is 15.6. The number of amides is 1. The van der Waals surface area contributed by atoms with E-state index < -0.39 is 0 Å². The second-order valence-electron chi connectivity index (χ2n) is 3.13. The molecule has 0 radical (unpaired) electrons. The first-order chi connectivity index (χ1) is 6.88. The van der Waals surface area contributed by atoms with Crippen molar-refractivity contribution >= 4 is 18.3 Å². The van der Waals surface area contributed by atoms with Crippen LogP contribution in [0.25, 0.3) is 0 Å². The van der Waals surface area contributed by atoms with Crippen molar-refractivity contribution in [2.45, 2.75) is 0 Å². The monoisotopic (exact) mass is 228 g/mol. The van der Waals surface area contributed by atoms with E-state index in [-0.39, 0.29) is 18.3 Å². The first kappa shape index (κ1) is 11.9. The number of nitrogens with one attached hydrogen (secondary N) is 1. The van der Waals surface area contributed by atoms with Crippen LogP contribution in [0.15, 0.2) is 18.6 Å². The smallest absolute Gasteiger partial charge is 0.274 e. The van der Waals surface area contributed by atoms with Gasteiger partial charge < -0.3 is 10.2 Å². The number of carbonyl (C=O) groups excluding carboxylic acids is 1. The van der Waals surface area contributed by atoms with Gasteiger partial charge in [-0.25, -0.2) is 4.98 Å². The number of halogens is 1. The fourth-order valence-corrected chi connectivity index (χ4v) is 1.44. The highest BCUT2D eigenvalue weighted by atomic mass is 35.5. The summed E-state index contributed by atoms with van der Waals surface area (Å²) in [7, 11) is 0. The molecule has 0 unspecified atom stereocenters. The molecule has 1 N–H and O–H groups in total. The molecule has 0 spiro atoms. The summed E-state index contributed by atoms with van der Waals surface area (Å²) in [5, 5.41) is 3.19. The molecular weight excluding hydrogens is 216 g/mol. The Hall–Kier alpha value is -1.20. The van der Waals surface area contributed by atoms with Gasteiger partial charge in [0, 0.05) is 38.6 Å². The Bertz CT molecular complexity index is 313. The number of aromatic nitrogens is 2. The zero-order valence-electron chi connectivity index (χ0n) is 8.22. The topological polar surface area (TPSA) is 58.1 Å². The van der Waals surface area contributed by atoms with Gasteiger partial charge in [0.05, 0.1) is 6.20 Å². The first-order valence-corrected chi connectivity index (χ1v) is 4.64. The van der Waals surface area contributed by atoms with Crippen LogP contribution < -0.4 is 5.32 Å². The third-order valence-electron chi connectivity index (χ3n) is 2.19. The fourth-order valence-electron chi connectivity index (χ4n) is 1.44. The standard InChI is InChI=1S/C9H12N4O.ClH/c14-9(8-7-11-1-2-12-8)13-5-3-10-4-6-13;/h1-2,7,10H,3-6H2;1H. The third kappa shape index (κ3) is 2.87. The van der Waals surface area contributed by atoms with E-state index in [4.69, 9.17) is 0 Å². The predicted molar refractivity (Wildman–Crippen MR) is 58.1 cm³/mol. The summed E-state index contributed by atoms with van der Waals surface area (Å²) < 4.78 is 0. The lowest BCUT2D eigenvalue weighted by molar-refractivity contribution is 0.0729. The lowest BCUT2D eigenvalue weighted by Gasteiger charge is -2.26. The van der Waals surface area contributed by atoms with Crippen molar-refractivity contribution in [1.29, 1.82) is 0 Å². The first-order valence-electron chi connectivity index (χ1n) is 4.64. The summed E-state index contributed by atoms with van der Waals surface area (Å²) in [6.45, 7) is 3.20.